The van der Waals surface area contributed by atoms with Crippen LogP contribution in [-0.2, 0) is 4.79 Å². The molecule has 0 aliphatic heterocycles. The summed E-state index contributed by atoms with van der Waals surface area (Å²) >= 11 is 0. The van der Waals surface area contributed by atoms with Crippen molar-refractivity contribution >= 4 is 12.0 Å². The van der Waals surface area contributed by atoms with E-state index in [9.17, 15) is 4.79 Å². The minimum Gasteiger partial charge on any atom is -0.490 e. The molecular formula is C15H20O3. The normalized spacial score (nSPS) is 12.9. The van der Waals surface area contributed by atoms with E-state index in [1.807, 2.05) is 31.2 Å². The van der Waals surface area contributed by atoms with Crippen molar-refractivity contribution in [2.24, 2.45) is 5.92 Å². The molecule has 1 rings (SSSR count). The molecule has 0 fully saturated rings. The van der Waals surface area contributed by atoms with E-state index in [2.05, 4.69) is 13.8 Å². The van der Waals surface area contributed by atoms with Crippen LogP contribution in [0, 0.1) is 5.92 Å². The molecule has 0 radical (unpaired) electrons. The smallest absolute Gasteiger partial charge is 0.328 e. The maximum atomic E-state index is 10.5. The monoisotopic (exact) mass is 248 g/mol. The van der Waals surface area contributed by atoms with Crippen molar-refractivity contribution in [3.05, 3.63) is 35.9 Å². The first-order valence-electron chi connectivity index (χ1n) is 6.15. The molecule has 0 saturated heterocycles. The van der Waals surface area contributed by atoms with Crippen LogP contribution in [0.1, 0.15) is 32.8 Å². The summed E-state index contributed by atoms with van der Waals surface area (Å²) in [6.45, 7) is 6.32. The van der Waals surface area contributed by atoms with Gasteiger partial charge in [0.2, 0.25) is 0 Å². The van der Waals surface area contributed by atoms with Gasteiger partial charge >= 0.3 is 5.97 Å². The van der Waals surface area contributed by atoms with E-state index in [0.29, 0.717) is 5.92 Å². The van der Waals surface area contributed by atoms with E-state index in [1.54, 1.807) is 6.08 Å². The second-order valence-corrected chi connectivity index (χ2v) is 4.77. The molecule has 0 amide bonds. The molecule has 3 nitrogen and oxygen atoms in total. The van der Waals surface area contributed by atoms with Crippen LogP contribution < -0.4 is 4.74 Å². The Balaban J connectivity index is 2.79. The van der Waals surface area contributed by atoms with Crippen molar-refractivity contribution in [1.82, 2.24) is 0 Å². The van der Waals surface area contributed by atoms with Gasteiger partial charge in [0.25, 0.3) is 0 Å². The molecule has 0 aliphatic carbocycles. The minimum atomic E-state index is -0.958. The molecule has 1 N–H and O–H groups in total. The number of para-hydroxylation sites is 1. The lowest BCUT2D eigenvalue weighted by Gasteiger charge is -2.18. The zero-order chi connectivity index (χ0) is 13.5. The molecule has 0 spiro atoms. The number of carboxylic acids is 1. The third kappa shape index (κ3) is 5.04. The molecular weight excluding hydrogens is 228 g/mol. The average molecular weight is 248 g/mol. The predicted molar refractivity (Wildman–Crippen MR) is 72.7 cm³/mol. The number of ether oxygens (including phenoxy) is 1. The standard InChI is InChI=1S/C15H20O3/c1-11(2)10-12(3)18-14-7-5-4-6-13(14)8-9-15(16)17/h4-9,11-12H,10H2,1-3H3,(H,16,17). The quantitative estimate of drug-likeness (QED) is 0.782. The summed E-state index contributed by atoms with van der Waals surface area (Å²) in [6, 6.07) is 7.45. The zero-order valence-corrected chi connectivity index (χ0v) is 11.1. The lowest BCUT2D eigenvalue weighted by molar-refractivity contribution is -0.131. The fraction of sp³-hybridized carbons (Fsp3) is 0.400. The Morgan fingerprint density at radius 1 is 1.33 bits per heavy atom. The molecule has 1 atom stereocenters. The van der Waals surface area contributed by atoms with Crippen molar-refractivity contribution in [2.45, 2.75) is 33.3 Å². The summed E-state index contributed by atoms with van der Waals surface area (Å²) in [4.78, 5) is 10.5. The summed E-state index contributed by atoms with van der Waals surface area (Å²) in [5.74, 6) is 0.338. The van der Waals surface area contributed by atoms with Crippen LogP contribution in [0.5, 0.6) is 5.75 Å². The van der Waals surface area contributed by atoms with Gasteiger partial charge in [-0.05, 0) is 31.4 Å². The maximum Gasteiger partial charge on any atom is 0.328 e. The highest BCUT2D eigenvalue weighted by Crippen LogP contribution is 2.22. The van der Waals surface area contributed by atoms with Crippen LogP contribution in [-0.4, -0.2) is 17.2 Å². The lowest BCUT2D eigenvalue weighted by Crippen LogP contribution is -2.14. The summed E-state index contributed by atoms with van der Waals surface area (Å²) in [5, 5.41) is 8.64. The number of aliphatic carboxylic acids is 1. The highest BCUT2D eigenvalue weighted by molar-refractivity contribution is 5.85. The van der Waals surface area contributed by atoms with Crippen molar-refractivity contribution in [3.63, 3.8) is 0 Å². The lowest BCUT2D eigenvalue weighted by atomic mass is 10.1. The summed E-state index contributed by atoms with van der Waals surface area (Å²) in [6.07, 6.45) is 3.76. The van der Waals surface area contributed by atoms with Crippen molar-refractivity contribution in [1.29, 1.82) is 0 Å². The number of benzene rings is 1. The van der Waals surface area contributed by atoms with Crippen LogP contribution in [0.25, 0.3) is 6.08 Å². The largest absolute Gasteiger partial charge is 0.490 e. The molecule has 3 heteroatoms. The van der Waals surface area contributed by atoms with Crippen molar-refractivity contribution in [3.8, 4) is 5.75 Å². The van der Waals surface area contributed by atoms with Crippen molar-refractivity contribution < 1.29 is 14.6 Å². The number of carbonyl (C=O) groups is 1. The average Bonchev–Trinajstić information content (AvgIpc) is 2.26. The van der Waals surface area contributed by atoms with Gasteiger partial charge < -0.3 is 9.84 Å². The van der Waals surface area contributed by atoms with Crippen LogP contribution in [0.3, 0.4) is 0 Å². The molecule has 0 aromatic heterocycles. The van der Waals surface area contributed by atoms with Gasteiger partial charge in [-0.25, -0.2) is 4.79 Å². The van der Waals surface area contributed by atoms with Crippen LogP contribution in [0.4, 0.5) is 0 Å². The topological polar surface area (TPSA) is 46.5 Å². The third-order valence-corrected chi connectivity index (χ3v) is 2.46. The Morgan fingerprint density at radius 2 is 2.00 bits per heavy atom. The third-order valence-electron chi connectivity index (χ3n) is 2.46. The molecule has 0 saturated carbocycles. The molecule has 0 bridgehead atoms. The number of rotatable bonds is 6. The second kappa shape index (κ2) is 6.84. The van der Waals surface area contributed by atoms with Gasteiger partial charge in [0.1, 0.15) is 5.75 Å². The highest BCUT2D eigenvalue weighted by atomic mass is 16.5. The SMILES string of the molecule is CC(C)CC(C)Oc1ccccc1C=CC(=O)O. The molecule has 18 heavy (non-hydrogen) atoms. The fourth-order valence-electron chi connectivity index (χ4n) is 1.82. The first kappa shape index (κ1) is 14.3. The van der Waals surface area contributed by atoms with E-state index >= 15 is 0 Å². The number of hydrogen-bond acceptors (Lipinski definition) is 2. The molecule has 1 aromatic rings. The summed E-state index contributed by atoms with van der Waals surface area (Å²) in [5.41, 5.74) is 0.788. The van der Waals surface area contributed by atoms with Gasteiger partial charge in [0, 0.05) is 11.6 Å². The Bertz CT molecular complexity index is 422. The Morgan fingerprint density at radius 3 is 2.61 bits per heavy atom. The van der Waals surface area contributed by atoms with Gasteiger partial charge in [-0.3, -0.25) is 0 Å². The number of carboxylic acid groups (broad SMARTS) is 1. The van der Waals surface area contributed by atoms with E-state index in [-0.39, 0.29) is 6.10 Å². The fourth-order valence-corrected chi connectivity index (χ4v) is 1.82. The van der Waals surface area contributed by atoms with Gasteiger partial charge in [0.05, 0.1) is 6.10 Å². The molecule has 0 aliphatic rings. The summed E-state index contributed by atoms with van der Waals surface area (Å²) < 4.78 is 5.84. The van der Waals surface area contributed by atoms with Crippen LogP contribution >= 0.6 is 0 Å². The zero-order valence-electron chi connectivity index (χ0n) is 11.1. The first-order chi connectivity index (χ1) is 8.49. The van der Waals surface area contributed by atoms with Gasteiger partial charge in [0.15, 0.2) is 0 Å². The second-order valence-electron chi connectivity index (χ2n) is 4.77. The maximum absolute atomic E-state index is 10.5. The molecule has 1 unspecified atom stereocenters. The first-order valence-corrected chi connectivity index (χ1v) is 6.15. The van der Waals surface area contributed by atoms with E-state index in [0.717, 1.165) is 23.8 Å². The molecule has 98 valence electrons. The van der Waals surface area contributed by atoms with Gasteiger partial charge in [-0.2, -0.15) is 0 Å². The summed E-state index contributed by atoms with van der Waals surface area (Å²) in [7, 11) is 0. The van der Waals surface area contributed by atoms with Gasteiger partial charge in [-0.15, -0.1) is 0 Å². The van der Waals surface area contributed by atoms with E-state index in [1.165, 1.54) is 0 Å². The molecule has 0 heterocycles. The van der Waals surface area contributed by atoms with Crippen molar-refractivity contribution in [2.75, 3.05) is 0 Å². The van der Waals surface area contributed by atoms with Crippen LogP contribution in [0.15, 0.2) is 30.3 Å². The van der Waals surface area contributed by atoms with E-state index < -0.39 is 5.97 Å². The minimum absolute atomic E-state index is 0.115. The predicted octanol–water partition coefficient (Wildman–Crippen LogP) is 3.60. The Kier molecular flexibility index (Phi) is 5.43. The highest BCUT2D eigenvalue weighted by Gasteiger charge is 2.08. The van der Waals surface area contributed by atoms with Crippen LogP contribution in [0.2, 0.25) is 0 Å². The molecule has 1 aromatic carbocycles. The number of hydrogen-bond donors (Lipinski definition) is 1. The Labute approximate surface area is 108 Å². The van der Waals surface area contributed by atoms with E-state index in [4.69, 9.17) is 9.84 Å². The van der Waals surface area contributed by atoms with Gasteiger partial charge in [-0.1, -0.05) is 32.0 Å². The Hall–Kier alpha value is -1.77.